The molecule has 4 aromatic rings. The normalized spacial score (nSPS) is 21.3. The molecular formula is C33H35F2N7O3. The molecule has 1 aliphatic carbocycles. The van der Waals surface area contributed by atoms with Crippen LogP contribution >= 0.6 is 0 Å². The summed E-state index contributed by atoms with van der Waals surface area (Å²) in [5, 5.41) is 6.70. The molecule has 7 rings (SSSR count). The molecule has 2 N–H and O–H groups in total. The number of methoxy groups -OCH3 is 1. The van der Waals surface area contributed by atoms with Crippen LogP contribution in [0.15, 0.2) is 48.9 Å². The fourth-order valence-electron chi connectivity index (χ4n) is 7.21. The van der Waals surface area contributed by atoms with E-state index >= 15 is 0 Å². The van der Waals surface area contributed by atoms with Crippen molar-refractivity contribution in [3.63, 3.8) is 0 Å². The van der Waals surface area contributed by atoms with E-state index in [-0.39, 0.29) is 29.0 Å². The molecule has 2 unspecified atom stereocenters. The van der Waals surface area contributed by atoms with Crippen molar-refractivity contribution in [1.29, 1.82) is 0 Å². The van der Waals surface area contributed by atoms with E-state index in [2.05, 4.69) is 20.6 Å². The minimum Gasteiger partial charge on any atom is -0.494 e. The highest BCUT2D eigenvalue weighted by Gasteiger charge is 2.45. The van der Waals surface area contributed by atoms with Gasteiger partial charge in [-0.15, -0.1) is 0 Å². The Morgan fingerprint density at radius 2 is 1.71 bits per heavy atom. The molecule has 10 nitrogen and oxygen atoms in total. The topological polar surface area (TPSA) is 104 Å². The number of piperazine rings is 1. The summed E-state index contributed by atoms with van der Waals surface area (Å²) >= 11 is 0. The number of fused-ring (bicyclic) bond motifs is 3. The first-order valence-electron chi connectivity index (χ1n) is 15.3. The Bertz CT molecular complexity index is 1770. The van der Waals surface area contributed by atoms with Crippen LogP contribution in [-0.4, -0.2) is 82.4 Å². The molecule has 2 aromatic carbocycles. The van der Waals surface area contributed by atoms with E-state index in [9.17, 15) is 18.4 Å². The lowest BCUT2D eigenvalue weighted by Gasteiger charge is -2.39. The lowest BCUT2D eigenvalue weighted by atomic mass is 9.85. The van der Waals surface area contributed by atoms with E-state index in [0.717, 1.165) is 31.5 Å². The molecule has 2 aliphatic heterocycles. The van der Waals surface area contributed by atoms with Crippen LogP contribution in [0.5, 0.6) is 5.75 Å². The number of hydrogen-bond donors (Lipinski definition) is 2. The molecule has 234 valence electrons. The van der Waals surface area contributed by atoms with E-state index in [1.807, 2.05) is 22.8 Å². The molecule has 2 atom stereocenters. The predicted octanol–water partition coefficient (Wildman–Crippen LogP) is 4.27. The summed E-state index contributed by atoms with van der Waals surface area (Å²) < 4.78 is 35.8. The number of aryl methyl sites for hydroxylation is 1. The quantitative estimate of drug-likeness (QED) is 0.334. The molecule has 45 heavy (non-hydrogen) atoms. The predicted molar refractivity (Wildman–Crippen MR) is 164 cm³/mol. The van der Waals surface area contributed by atoms with Crippen LogP contribution in [0.2, 0.25) is 0 Å². The standard InChI is InChI=1S/C33H35F2N7O3/c1-19-15-22(39-30-31-38-18-25(42(31)10-9-37-30)24-7-8-26(45-2)29(35)28(24)34)5-6-23(19)32(43)40-11-13-41(14-12-40)33(44)27-20-3-4-21(27)17-36-16-20/h5-10,15,18,20-21,27,36H,3-4,11-14,16-17H2,1-2H3,(H,37,39). The molecule has 3 aliphatic rings. The van der Waals surface area contributed by atoms with Gasteiger partial charge < -0.3 is 25.2 Å². The molecule has 4 heterocycles. The van der Waals surface area contributed by atoms with Gasteiger partial charge in [-0.3, -0.25) is 14.0 Å². The van der Waals surface area contributed by atoms with Crippen LogP contribution in [-0.2, 0) is 4.79 Å². The number of anilines is 2. The van der Waals surface area contributed by atoms with E-state index in [0.29, 0.717) is 66.4 Å². The van der Waals surface area contributed by atoms with Gasteiger partial charge in [0.1, 0.15) is 0 Å². The van der Waals surface area contributed by atoms with Crippen molar-refractivity contribution in [2.45, 2.75) is 19.8 Å². The van der Waals surface area contributed by atoms with Crippen LogP contribution in [0.25, 0.3) is 16.9 Å². The first-order valence-corrected chi connectivity index (χ1v) is 15.3. The molecule has 2 amide bonds. The third-order valence-electron chi connectivity index (χ3n) is 9.59. The number of imidazole rings is 1. The first kappa shape index (κ1) is 29.1. The third-order valence-corrected chi connectivity index (χ3v) is 9.59. The molecule has 2 bridgehead atoms. The average molecular weight is 616 g/mol. The Labute approximate surface area is 259 Å². The number of piperidine rings is 1. The zero-order valence-electron chi connectivity index (χ0n) is 25.2. The van der Waals surface area contributed by atoms with Gasteiger partial charge in [0, 0.05) is 61.3 Å². The monoisotopic (exact) mass is 615 g/mol. The second kappa shape index (κ2) is 11.7. The number of carbonyl (C=O) groups excluding carboxylic acids is 2. The zero-order chi connectivity index (χ0) is 31.2. The number of nitrogens with zero attached hydrogens (tertiary/aromatic N) is 5. The number of hydrogen-bond acceptors (Lipinski definition) is 7. The van der Waals surface area contributed by atoms with E-state index in [1.165, 1.54) is 25.4 Å². The minimum absolute atomic E-state index is 0.0419. The van der Waals surface area contributed by atoms with Gasteiger partial charge in [0.15, 0.2) is 23.0 Å². The van der Waals surface area contributed by atoms with Crippen molar-refractivity contribution in [3.05, 3.63) is 71.7 Å². The fraction of sp³-hybridized carbons (Fsp3) is 0.394. The maximum atomic E-state index is 14.9. The van der Waals surface area contributed by atoms with Crippen LogP contribution in [0.4, 0.5) is 20.3 Å². The minimum atomic E-state index is -1.07. The maximum absolute atomic E-state index is 14.9. The van der Waals surface area contributed by atoms with Crippen LogP contribution in [0, 0.1) is 36.3 Å². The number of amides is 2. The van der Waals surface area contributed by atoms with Crippen LogP contribution in [0.1, 0.15) is 28.8 Å². The summed E-state index contributed by atoms with van der Waals surface area (Å²) in [5.74, 6) is -0.660. The highest BCUT2D eigenvalue weighted by molar-refractivity contribution is 5.96. The number of aromatic nitrogens is 3. The zero-order valence-corrected chi connectivity index (χ0v) is 25.2. The molecule has 3 fully saturated rings. The Kier molecular flexibility index (Phi) is 7.60. The Balaban J connectivity index is 1.03. The van der Waals surface area contributed by atoms with Crippen molar-refractivity contribution in [3.8, 4) is 17.0 Å². The average Bonchev–Trinajstić information content (AvgIpc) is 3.59. The van der Waals surface area contributed by atoms with Gasteiger partial charge in [0.25, 0.3) is 5.91 Å². The summed E-state index contributed by atoms with van der Waals surface area (Å²) in [5.41, 5.74) is 2.91. The third kappa shape index (κ3) is 5.16. The highest BCUT2D eigenvalue weighted by atomic mass is 19.2. The van der Waals surface area contributed by atoms with Gasteiger partial charge in [0.2, 0.25) is 11.7 Å². The van der Waals surface area contributed by atoms with Crippen molar-refractivity contribution >= 4 is 29.0 Å². The number of rotatable bonds is 6. The molecule has 1 saturated carbocycles. The molecule has 2 aromatic heterocycles. The van der Waals surface area contributed by atoms with Gasteiger partial charge >= 0.3 is 0 Å². The van der Waals surface area contributed by atoms with E-state index in [4.69, 9.17) is 4.74 Å². The SMILES string of the molecule is COc1ccc(-c2cnc3c(Nc4ccc(C(=O)N5CCN(C(=O)C6C7CCC6CNC7)CC5)c(C)c4)nccn23)c(F)c1F. The summed E-state index contributed by atoms with van der Waals surface area (Å²) in [6, 6.07) is 8.28. The van der Waals surface area contributed by atoms with Gasteiger partial charge in [-0.25, -0.2) is 14.4 Å². The molecule has 12 heteroatoms. The second-order valence-corrected chi connectivity index (χ2v) is 12.1. The number of halogens is 2. The van der Waals surface area contributed by atoms with E-state index < -0.39 is 11.6 Å². The maximum Gasteiger partial charge on any atom is 0.254 e. The first-order chi connectivity index (χ1) is 21.8. The van der Waals surface area contributed by atoms with Gasteiger partial charge in [-0.2, -0.15) is 4.39 Å². The summed E-state index contributed by atoms with van der Waals surface area (Å²) in [6.45, 7) is 5.87. The van der Waals surface area contributed by atoms with Crippen molar-refractivity contribution in [2.75, 3.05) is 51.7 Å². The summed E-state index contributed by atoms with van der Waals surface area (Å²) in [6.07, 6.45) is 6.88. The van der Waals surface area contributed by atoms with E-state index in [1.54, 1.807) is 28.9 Å². The Hall–Kier alpha value is -4.58. The Morgan fingerprint density at radius 1 is 0.978 bits per heavy atom. The lowest BCUT2D eigenvalue weighted by molar-refractivity contribution is -0.140. The lowest BCUT2D eigenvalue weighted by Crippen LogP contribution is -2.54. The highest BCUT2D eigenvalue weighted by Crippen LogP contribution is 2.40. The molecule has 2 saturated heterocycles. The van der Waals surface area contributed by atoms with Crippen molar-refractivity contribution < 1.29 is 23.1 Å². The van der Waals surface area contributed by atoms with Gasteiger partial charge in [-0.1, -0.05) is 0 Å². The number of nitrogens with one attached hydrogen (secondary N) is 2. The molecule has 0 spiro atoms. The summed E-state index contributed by atoms with van der Waals surface area (Å²) in [7, 11) is 1.28. The molecular weight excluding hydrogens is 580 g/mol. The van der Waals surface area contributed by atoms with Crippen LogP contribution in [0.3, 0.4) is 0 Å². The van der Waals surface area contributed by atoms with Crippen molar-refractivity contribution in [2.24, 2.45) is 17.8 Å². The van der Waals surface area contributed by atoms with Crippen LogP contribution < -0.4 is 15.4 Å². The largest absolute Gasteiger partial charge is 0.494 e. The smallest absolute Gasteiger partial charge is 0.254 e. The Morgan fingerprint density at radius 3 is 2.42 bits per heavy atom. The number of carbonyl (C=O) groups is 2. The number of ether oxygens (including phenoxy) is 1. The van der Waals surface area contributed by atoms with Gasteiger partial charge in [-0.05, 0) is 80.6 Å². The van der Waals surface area contributed by atoms with Gasteiger partial charge in [0.05, 0.1) is 19.0 Å². The number of benzene rings is 2. The second-order valence-electron chi connectivity index (χ2n) is 12.1. The van der Waals surface area contributed by atoms with Crippen molar-refractivity contribution in [1.82, 2.24) is 29.5 Å². The fourth-order valence-corrected chi connectivity index (χ4v) is 7.21. The molecule has 0 radical (unpaired) electrons. The summed E-state index contributed by atoms with van der Waals surface area (Å²) in [4.78, 5) is 39.5.